The Bertz CT molecular complexity index is 443. The molecule has 5 heteroatoms. The predicted molar refractivity (Wildman–Crippen MR) is 84.6 cm³/mol. The summed E-state index contributed by atoms with van der Waals surface area (Å²) in [5.41, 5.74) is 8.85. The van der Waals surface area contributed by atoms with E-state index in [9.17, 15) is 0 Å². The Balaban J connectivity index is 3.06. The van der Waals surface area contributed by atoms with Gasteiger partial charge in [-0.15, -0.1) is 5.10 Å². The molecule has 19 heavy (non-hydrogen) atoms. The van der Waals surface area contributed by atoms with Crippen molar-refractivity contribution in [2.45, 2.75) is 47.0 Å². The van der Waals surface area contributed by atoms with Gasteiger partial charge in [0.25, 0.3) is 0 Å². The zero-order valence-electron chi connectivity index (χ0n) is 12.3. The fourth-order valence-electron chi connectivity index (χ4n) is 2.04. The molecule has 1 heterocycles. The molecule has 0 unspecified atom stereocenters. The molecule has 0 fully saturated rings. The topological polar surface area (TPSA) is 63.8 Å². The van der Waals surface area contributed by atoms with E-state index < -0.39 is 0 Å². The summed E-state index contributed by atoms with van der Waals surface area (Å²) >= 11 is 5.18. The summed E-state index contributed by atoms with van der Waals surface area (Å²) in [6.07, 6.45) is 2.79. The lowest BCUT2D eigenvalue weighted by Gasteiger charge is -2.16. The Morgan fingerprint density at radius 3 is 2.42 bits per heavy atom. The highest BCUT2D eigenvalue weighted by atomic mass is 32.1. The summed E-state index contributed by atoms with van der Waals surface area (Å²) in [7, 11) is 0. The van der Waals surface area contributed by atoms with Gasteiger partial charge in [-0.25, -0.2) is 0 Å². The molecule has 1 aromatic heterocycles. The average Bonchev–Trinajstić information content (AvgIpc) is 2.37. The molecule has 0 atom stereocenters. The normalized spacial score (nSPS) is 10.8. The van der Waals surface area contributed by atoms with Crippen LogP contribution >= 0.6 is 12.2 Å². The summed E-state index contributed by atoms with van der Waals surface area (Å²) < 4.78 is 0. The van der Waals surface area contributed by atoms with Crippen LogP contribution < -0.4 is 11.1 Å². The Labute approximate surface area is 121 Å². The molecular weight excluding hydrogens is 256 g/mol. The lowest BCUT2D eigenvalue weighted by Crippen LogP contribution is -2.20. The Hall–Kier alpha value is -1.23. The number of rotatable bonds is 7. The molecule has 0 aliphatic heterocycles. The maximum absolute atomic E-state index is 5.87. The van der Waals surface area contributed by atoms with Gasteiger partial charge in [-0.2, -0.15) is 5.10 Å². The SMILES string of the molecule is CCc1nnc(NCCC(C)C)c(C(N)=S)c1CC. The molecule has 1 aromatic rings. The highest BCUT2D eigenvalue weighted by Crippen LogP contribution is 2.21. The third kappa shape index (κ3) is 4.13. The number of nitrogens with zero attached hydrogens (tertiary/aromatic N) is 2. The van der Waals surface area contributed by atoms with Gasteiger partial charge in [-0.05, 0) is 30.7 Å². The number of thiocarbonyl (C=S) groups is 1. The standard InChI is InChI=1S/C14H24N4S/c1-5-10-11(6-2)17-18-14(12(10)13(15)19)16-8-7-9(3)4/h9H,5-8H2,1-4H3,(H2,15,19)(H,16,18). The van der Waals surface area contributed by atoms with Gasteiger partial charge in [0.2, 0.25) is 0 Å². The zero-order valence-corrected chi connectivity index (χ0v) is 13.1. The van der Waals surface area contributed by atoms with Gasteiger partial charge in [0.1, 0.15) is 4.99 Å². The van der Waals surface area contributed by atoms with E-state index in [-0.39, 0.29) is 0 Å². The van der Waals surface area contributed by atoms with Gasteiger partial charge in [0.05, 0.1) is 11.3 Å². The molecule has 0 aliphatic carbocycles. The second-order valence-electron chi connectivity index (χ2n) is 5.03. The number of hydrogen-bond acceptors (Lipinski definition) is 4. The van der Waals surface area contributed by atoms with Crippen molar-refractivity contribution in [1.82, 2.24) is 10.2 Å². The third-order valence-corrected chi connectivity index (χ3v) is 3.31. The maximum Gasteiger partial charge on any atom is 0.159 e. The van der Waals surface area contributed by atoms with Crippen molar-refractivity contribution in [3.8, 4) is 0 Å². The first kappa shape index (κ1) is 15.8. The van der Waals surface area contributed by atoms with E-state index in [2.05, 4.69) is 43.2 Å². The van der Waals surface area contributed by atoms with E-state index in [1.807, 2.05) is 0 Å². The van der Waals surface area contributed by atoms with E-state index >= 15 is 0 Å². The summed E-state index contributed by atoms with van der Waals surface area (Å²) in [6, 6.07) is 0. The second kappa shape index (κ2) is 7.38. The number of anilines is 1. The van der Waals surface area contributed by atoms with Gasteiger partial charge in [0.15, 0.2) is 5.82 Å². The van der Waals surface area contributed by atoms with Crippen molar-refractivity contribution in [3.63, 3.8) is 0 Å². The Kier molecular flexibility index (Phi) is 6.15. The van der Waals surface area contributed by atoms with E-state index in [1.54, 1.807) is 0 Å². The number of nitrogens with one attached hydrogen (secondary N) is 1. The summed E-state index contributed by atoms with van der Waals surface area (Å²) in [6.45, 7) is 9.41. The quantitative estimate of drug-likeness (QED) is 0.752. The van der Waals surface area contributed by atoms with Crippen LogP contribution in [0.2, 0.25) is 0 Å². The molecule has 0 bridgehead atoms. The first-order chi connectivity index (χ1) is 9.01. The summed E-state index contributed by atoms with van der Waals surface area (Å²) in [5.74, 6) is 1.37. The first-order valence-corrected chi connectivity index (χ1v) is 7.34. The summed E-state index contributed by atoms with van der Waals surface area (Å²) in [5, 5.41) is 11.8. The largest absolute Gasteiger partial charge is 0.389 e. The van der Waals surface area contributed by atoms with Crippen LogP contribution in [0.3, 0.4) is 0 Å². The number of hydrogen-bond donors (Lipinski definition) is 2. The van der Waals surface area contributed by atoms with Crippen LogP contribution in [0.25, 0.3) is 0 Å². The maximum atomic E-state index is 5.87. The van der Waals surface area contributed by atoms with Crippen LogP contribution in [0.15, 0.2) is 0 Å². The minimum atomic E-state index is 0.397. The van der Waals surface area contributed by atoms with Crippen molar-refractivity contribution >= 4 is 23.0 Å². The number of aromatic nitrogens is 2. The molecule has 0 radical (unpaired) electrons. The second-order valence-corrected chi connectivity index (χ2v) is 5.47. The van der Waals surface area contributed by atoms with Crippen LogP contribution in [0.1, 0.15) is 50.9 Å². The molecule has 3 N–H and O–H groups in total. The molecule has 0 aliphatic rings. The monoisotopic (exact) mass is 280 g/mol. The molecule has 0 spiro atoms. The van der Waals surface area contributed by atoms with Crippen molar-refractivity contribution < 1.29 is 0 Å². The first-order valence-electron chi connectivity index (χ1n) is 6.93. The highest BCUT2D eigenvalue weighted by molar-refractivity contribution is 7.80. The molecule has 4 nitrogen and oxygen atoms in total. The van der Waals surface area contributed by atoms with Gasteiger partial charge < -0.3 is 11.1 Å². The average molecular weight is 280 g/mol. The van der Waals surface area contributed by atoms with Crippen LogP contribution in [0.4, 0.5) is 5.82 Å². The zero-order chi connectivity index (χ0) is 14.4. The molecular formula is C14H24N4S. The number of nitrogens with two attached hydrogens (primary N) is 1. The number of aryl methyl sites for hydroxylation is 1. The Morgan fingerprint density at radius 2 is 1.95 bits per heavy atom. The van der Waals surface area contributed by atoms with Gasteiger partial charge in [-0.3, -0.25) is 0 Å². The third-order valence-electron chi connectivity index (χ3n) is 3.11. The minimum absolute atomic E-state index is 0.397. The van der Waals surface area contributed by atoms with Crippen LogP contribution in [0.5, 0.6) is 0 Å². The predicted octanol–water partition coefficient (Wildman–Crippen LogP) is 2.69. The Morgan fingerprint density at radius 1 is 1.26 bits per heavy atom. The van der Waals surface area contributed by atoms with Gasteiger partial charge >= 0.3 is 0 Å². The molecule has 0 amide bonds. The van der Waals surface area contributed by atoms with Crippen molar-refractivity contribution in [3.05, 3.63) is 16.8 Å². The molecule has 0 saturated heterocycles. The smallest absolute Gasteiger partial charge is 0.159 e. The molecule has 106 valence electrons. The van der Waals surface area contributed by atoms with Crippen LogP contribution in [-0.4, -0.2) is 21.7 Å². The van der Waals surface area contributed by atoms with Crippen molar-refractivity contribution in [2.75, 3.05) is 11.9 Å². The van der Waals surface area contributed by atoms with Crippen LogP contribution in [-0.2, 0) is 12.8 Å². The fourth-order valence-corrected chi connectivity index (χ4v) is 2.26. The molecule has 1 rings (SSSR count). The van der Waals surface area contributed by atoms with E-state index in [0.29, 0.717) is 10.9 Å². The molecule has 0 aromatic carbocycles. The lowest BCUT2D eigenvalue weighted by molar-refractivity contribution is 0.606. The lowest BCUT2D eigenvalue weighted by atomic mass is 10.0. The van der Waals surface area contributed by atoms with E-state index in [1.165, 1.54) is 0 Å². The van der Waals surface area contributed by atoms with Gasteiger partial charge in [0, 0.05) is 6.54 Å². The molecule has 0 saturated carbocycles. The van der Waals surface area contributed by atoms with E-state index in [0.717, 1.165) is 48.4 Å². The summed E-state index contributed by atoms with van der Waals surface area (Å²) in [4.78, 5) is 0.397. The van der Waals surface area contributed by atoms with E-state index in [4.69, 9.17) is 18.0 Å². The van der Waals surface area contributed by atoms with Gasteiger partial charge in [-0.1, -0.05) is 39.9 Å². The van der Waals surface area contributed by atoms with Crippen LogP contribution in [0, 0.1) is 5.92 Å². The van der Waals surface area contributed by atoms with Crippen molar-refractivity contribution in [1.29, 1.82) is 0 Å². The minimum Gasteiger partial charge on any atom is -0.389 e. The fraction of sp³-hybridized carbons (Fsp3) is 0.643. The van der Waals surface area contributed by atoms with Crippen molar-refractivity contribution in [2.24, 2.45) is 11.7 Å². The highest BCUT2D eigenvalue weighted by Gasteiger charge is 2.16.